The second-order valence-electron chi connectivity index (χ2n) is 18.1. The third-order valence-corrected chi connectivity index (χ3v) is 25.4. The molecule has 0 radical (unpaired) electrons. The number of allylic oxidation sites excluding steroid dienone is 1. The van der Waals surface area contributed by atoms with Gasteiger partial charge in [0.05, 0.1) is 19.1 Å². The van der Waals surface area contributed by atoms with Gasteiger partial charge in [-0.2, -0.15) is 0 Å². The zero-order valence-corrected chi connectivity index (χ0v) is 34.5. The van der Waals surface area contributed by atoms with E-state index in [1.807, 2.05) is 6.92 Å². The number of ketones is 1. The van der Waals surface area contributed by atoms with Gasteiger partial charge in [0, 0.05) is 19.1 Å². The Balaban J connectivity index is 2.64. The number of rotatable bonds is 10. The van der Waals surface area contributed by atoms with Crippen LogP contribution in [0.2, 0.25) is 54.4 Å². The summed E-state index contributed by atoms with van der Waals surface area (Å²) in [6, 6.07) is 0. The van der Waals surface area contributed by atoms with Crippen molar-refractivity contribution in [3.05, 3.63) is 11.3 Å². The molecule has 0 bridgehead atoms. The number of fused-ring (bicyclic) bond motifs is 1. The zero-order valence-electron chi connectivity index (χ0n) is 31.5. The molecule has 1 aliphatic heterocycles. The number of Topliss-reactive ketones (excluding diaryl/α,β-unsaturated/α-hetero) is 1. The van der Waals surface area contributed by atoms with Crippen molar-refractivity contribution in [1.29, 1.82) is 0 Å². The van der Waals surface area contributed by atoms with E-state index in [2.05, 4.69) is 102 Å². The molecule has 1 fully saturated rings. The highest BCUT2D eigenvalue weighted by Gasteiger charge is 2.59. The van der Waals surface area contributed by atoms with E-state index in [-0.39, 0.29) is 44.4 Å². The fraction of sp³-hybridized carbons (Fsp3) is 0.882. The van der Waals surface area contributed by atoms with E-state index in [1.165, 1.54) is 7.11 Å². The molecule has 4 atom stereocenters. The summed E-state index contributed by atoms with van der Waals surface area (Å²) in [4.78, 5) is 27.0. The van der Waals surface area contributed by atoms with E-state index in [0.717, 1.165) is 6.42 Å². The average Bonchev–Trinajstić information content (AvgIpc) is 2.82. The number of ether oxygens (including phenoxy) is 2. The van der Waals surface area contributed by atoms with Gasteiger partial charge in [-0.25, -0.2) is 4.79 Å². The minimum atomic E-state index is -2.26. The molecule has 0 saturated heterocycles. The molecule has 7 nitrogen and oxygen atoms in total. The molecule has 1 saturated carbocycles. The van der Waals surface area contributed by atoms with Crippen molar-refractivity contribution in [1.82, 2.24) is 0 Å². The van der Waals surface area contributed by atoms with Gasteiger partial charge >= 0.3 is 5.97 Å². The van der Waals surface area contributed by atoms with Crippen molar-refractivity contribution in [2.45, 2.75) is 155 Å². The lowest BCUT2D eigenvalue weighted by Gasteiger charge is -2.55. The molecule has 0 amide bonds. The van der Waals surface area contributed by atoms with Crippen molar-refractivity contribution in [2.75, 3.05) is 20.3 Å². The maximum absolute atomic E-state index is 14.2. The van der Waals surface area contributed by atoms with E-state index in [1.54, 1.807) is 6.92 Å². The van der Waals surface area contributed by atoms with E-state index in [9.17, 15) is 9.59 Å². The average molecular weight is 671 g/mol. The second-order valence-corrected chi connectivity index (χ2v) is 32.5. The van der Waals surface area contributed by atoms with E-state index in [0.29, 0.717) is 25.4 Å². The van der Waals surface area contributed by atoms with Gasteiger partial charge in [0.2, 0.25) is 0 Å². The van der Waals surface area contributed by atoms with E-state index in [4.69, 9.17) is 22.8 Å². The van der Waals surface area contributed by atoms with Gasteiger partial charge in [0.1, 0.15) is 16.9 Å². The fourth-order valence-electron chi connectivity index (χ4n) is 5.41. The molecule has 0 spiro atoms. The second kappa shape index (κ2) is 13.0. The highest BCUT2D eigenvalue weighted by atomic mass is 28.4. The van der Waals surface area contributed by atoms with Crippen LogP contribution >= 0.6 is 0 Å². The third-order valence-electron chi connectivity index (χ3n) is 11.9. The van der Waals surface area contributed by atoms with E-state index >= 15 is 0 Å². The number of methoxy groups -OCH3 is 1. The Bertz CT molecular complexity index is 1060. The van der Waals surface area contributed by atoms with Gasteiger partial charge in [-0.1, -0.05) is 62.3 Å². The van der Waals surface area contributed by atoms with Crippen molar-refractivity contribution < 1.29 is 32.3 Å². The highest BCUT2D eigenvalue weighted by molar-refractivity contribution is 6.75. The summed E-state index contributed by atoms with van der Waals surface area (Å²) in [5, 5.41) is 0.118. The Morgan fingerprint density at radius 2 is 1.27 bits per heavy atom. The van der Waals surface area contributed by atoms with Crippen LogP contribution in [0, 0.1) is 17.8 Å². The Hall–Kier alpha value is -0.789. The third kappa shape index (κ3) is 8.19. The van der Waals surface area contributed by atoms with Gasteiger partial charge in [-0.05, 0) is 87.0 Å². The molecule has 256 valence electrons. The van der Waals surface area contributed by atoms with Crippen LogP contribution in [0.1, 0.15) is 89.0 Å². The van der Waals surface area contributed by atoms with Crippen LogP contribution in [0.25, 0.3) is 0 Å². The molecule has 0 aromatic heterocycles. The largest absolute Gasteiger partial charge is 0.488 e. The molecule has 44 heavy (non-hydrogen) atoms. The maximum Gasteiger partial charge on any atom is 0.344 e. The summed E-state index contributed by atoms with van der Waals surface area (Å²) < 4.78 is 32.6. The van der Waals surface area contributed by atoms with Crippen LogP contribution in [0.15, 0.2) is 11.3 Å². The maximum atomic E-state index is 14.2. The van der Waals surface area contributed by atoms with Crippen LogP contribution in [0.4, 0.5) is 0 Å². The number of esters is 1. The highest BCUT2D eigenvalue weighted by Crippen LogP contribution is 2.52. The Labute approximate surface area is 272 Å². The fourth-order valence-corrected chi connectivity index (χ4v) is 8.93. The lowest BCUT2D eigenvalue weighted by atomic mass is 9.63. The van der Waals surface area contributed by atoms with Gasteiger partial charge in [0.25, 0.3) is 0 Å². The van der Waals surface area contributed by atoms with Gasteiger partial charge in [0.15, 0.2) is 30.7 Å². The normalized spacial score (nSPS) is 26.1. The molecule has 0 aromatic carbocycles. The lowest BCUT2D eigenvalue weighted by molar-refractivity contribution is -0.174. The summed E-state index contributed by atoms with van der Waals surface area (Å²) in [6.07, 6.45) is 0.987. The zero-order chi connectivity index (χ0) is 34.5. The minimum Gasteiger partial charge on any atom is -0.488 e. The molecular formula is C34H66O7Si3. The van der Waals surface area contributed by atoms with Gasteiger partial charge < -0.3 is 22.8 Å². The monoisotopic (exact) mass is 670 g/mol. The summed E-state index contributed by atoms with van der Waals surface area (Å²) in [5.74, 6) is -0.917. The first-order chi connectivity index (χ1) is 19.5. The van der Waals surface area contributed by atoms with Crippen LogP contribution < -0.4 is 0 Å². The predicted octanol–water partition coefficient (Wildman–Crippen LogP) is 8.87. The molecule has 2 rings (SSSR count). The quantitative estimate of drug-likeness (QED) is 0.130. The summed E-state index contributed by atoms with van der Waals surface area (Å²) >= 11 is 0. The molecule has 0 aromatic rings. The molecule has 2 aliphatic rings. The van der Waals surface area contributed by atoms with Gasteiger partial charge in [-0.3, -0.25) is 4.79 Å². The first-order valence-electron chi connectivity index (χ1n) is 16.5. The smallest absolute Gasteiger partial charge is 0.344 e. The first kappa shape index (κ1) is 39.4. The summed E-state index contributed by atoms with van der Waals surface area (Å²) in [5.41, 5.74) is -0.871. The van der Waals surface area contributed by atoms with Crippen molar-refractivity contribution in [3.63, 3.8) is 0 Å². The van der Waals surface area contributed by atoms with Gasteiger partial charge in [-0.15, -0.1) is 0 Å². The van der Waals surface area contributed by atoms with Crippen molar-refractivity contribution >= 4 is 36.7 Å². The minimum absolute atomic E-state index is 0.0216. The summed E-state index contributed by atoms with van der Waals surface area (Å²) in [6.45, 7) is 38.8. The summed E-state index contributed by atoms with van der Waals surface area (Å²) in [7, 11) is -5.06. The SMILES string of the molecule is COC(=O)C1=C(C)O[C@]2(C)C(O[Si](C)(C)C(C)(C)C)C[C@@H](C(CO[Si](C)(C)C(C)(C)C)CO[Si](C)(C)C(C)(C)C)C[C@H]2C1=O. The van der Waals surface area contributed by atoms with Crippen LogP contribution in [0.3, 0.4) is 0 Å². The predicted molar refractivity (Wildman–Crippen MR) is 187 cm³/mol. The first-order valence-corrected chi connectivity index (χ1v) is 25.2. The number of hydrogen-bond acceptors (Lipinski definition) is 7. The standard InChI is InChI=1S/C34H66O7Si3/c1-23-28(30(36)37-12)29(35)26-19-24(20-27(34(26,11)40-23)41-44(17,18)33(8,9)10)25(21-38-42(13,14)31(2,3)4)22-39-43(15,16)32(5,6)7/h24-27H,19-22H2,1-18H3/t24-,26-,27?,34-/m0/s1. The van der Waals surface area contributed by atoms with Crippen molar-refractivity contribution in [3.8, 4) is 0 Å². The molecule has 10 heteroatoms. The Morgan fingerprint density at radius 1 is 0.841 bits per heavy atom. The Morgan fingerprint density at radius 3 is 1.66 bits per heavy atom. The number of carbonyl (C=O) groups is 2. The Kier molecular flexibility index (Phi) is 11.7. The van der Waals surface area contributed by atoms with Crippen LogP contribution in [-0.2, 0) is 32.3 Å². The number of hydrogen-bond donors (Lipinski definition) is 0. The van der Waals surface area contributed by atoms with Crippen LogP contribution in [0.5, 0.6) is 0 Å². The van der Waals surface area contributed by atoms with Crippen molar-refractivity contribution in [2.24, 2.45) is 17.8 Å². The van der Waals surface area contributed by atoms with Crippen LogP contribution in [-0.4, -0.2) is 68.7 Å². The molecule has 1 heterocycles. The molecular weight excluding hydrogens is 605 g/mol. The van der Waals surface area contributed by atoms with E-state index < -0.39 is 42.4 Å². The topological polar surface area (TPSA) is 80.3 Å². The number of carbonyl (C=O) groups excluding carboxylic acids is 2. The molecule has 1 aliphatic carbocycles. The molecule has 0 N–H and O–H groups in total. The molecule has 1 unspecified atom stereocenters. The lowest BCUT2D eigenvalue weighted by Crippen LogP contribution is -2.63.